The second kappa shape index (κ2) is 11.5. The Labute approximate surface area is 267 Å². The summed E-state index contributed by atoms with van der Waals surface area (Å²) in [5, 5.41) is 10.9. The normalized spacial score (nSPS) is 49.0. The second-order valence-electron chi connectivity index (χ2n) is 16.7. The van der Waals surface area contributed by atoms with Crippen LogP contribution >= 0.6 is 0 Å². The van der Waals surface area contributed by atoms with Gasteiger partial charge in [-0.3, -0.25) is 19.2 Å². The maximum Gasteiger partial charge on any atom is 0.155 e. The van der Waals surface area contributed by atoms with E-state index in [1.165, 1.54) is 17.6 Å². The van der Waals surface area contributed by atoms with E-state index in [2.05, 4.69) is 27.7 Å². The summed E-state index contributed by atoms with van der Waals surface area (Å²) in [6, 6.07) is 0. The predicted molar refractivity (Wildman–Crippen MR) is 173 cm³/mol. The van der Waals surface area contributed by atoms with E-state index in [1.807, 2.05) is 12.2 Å². The second-order valence-corrected chi connectivity index (χ2v) is 16.7. The van der Waals surface area contributed by atoms with Crippen molar-refractivity contribution in [2.75, 3.05) is 0 Å². The zero-order valence-electron chi connectivity index (χ0n) is 27.4. The van der Waals surface area contributed by atoms with Gasteiger partial charge in [-0.25, -0.2) is 0 Å². The van der Waals surface area contributed by atoms with Gasteiger partial charge in [0.05, 0.1) is 6.10 Å². The monoisotopic (exact) mass is 602 g/mol. The molecule has 0 aromatic carbocycles. The van der Waals surface area contributed by atoms with Gasteiger partial charge in [-0.05, 0) is 129 Å². The average Bonchev–Trinajstić information content (AvgIpc) is 3.42. The Morgan fingerprint density at radius 2 is 1.20 bits per heavy atom. The summed E-state index contributed by atoms with van der Waals surface area (Å²) in [7, 11) is 0. The van der Waals surface area contributed by atoms with Crippen LogP contribution in [0.25, 0.3) is 0 Å². The van der Waals surface area contributed by atoms with Crippen LogP contribution in [0.3, 0.4) is 0 Å². The molecule has 13 atom stereocenters. The van der Waals surface area contributed by atoms with Crippen molar-refractivity contribution in [2.45, 2.75) is 117 Å². The number of aliphatic hydroxyl groups is 1. The Morgan fingerprint density at radius 3 is 1.84 bits per heavy atom. The molecule has 0 spiro atoms. The highest BCUT2D eigenvalue weighted by atomic mass is 16.3. The number of allylic oxidation sites excluding steroid dienone is 2. The van der Waals surface area contributed by atoms with Gasteiger partial charge in [0.15, 0.2) is 11.6 Å². The van der Waals surface area contributed by atoms with Crippen molar-refractivity contribution in [3.05, 3.63) is 23.3 Å². The summed E-state index contributed by atoms with van der Waals surface area (Å²) in [4.78, 5) is 48.3. The van der Waals surface area contributed by atoms with Crippen molar-refractivity contribution in [1.82, 2.24) is 0 Å². The number of aliphatic hydroxyl groups excluding tert-OH is 1. The summed E-state index contributed by atoms with van der Waals surface area (Å²) < 4.78 is 0. The van der Waals surface area contributed by atoms with Crippen molar-refractivity contribution in [2.24, 2.45) is 70.0 Å². The third-order valence-electron chi connectivity index (χ3n) is 14.7. The van der Waals surface area contributed by atoms with Crippen molar-refractivity contribution in [1.29, 1.82) is 0 Å². The van der Waals surface area contributed by atoms with Gasteiger partial charge in [0.2, 0.25) is 0 Å². The minimum Gasteiger partial charge on any atom is -0.393 e. The maximum absolute atomic E-state index is 12.4. The number of hydrogen-bond acceptors (Lipinski definition) is 5. The molecular weight excluding hydrogens is 547 g/mol. The molecular formula is C38H54BO5. The molecule has 5 nitrogen and oxygen atoms in total. The summed E-state index contributed by atoms with van der Waals surface area (Å²) in [5.41, 5.74) is 2.38. The van der Waals surface area contributed by atoms with Crippen molar-refractivity contribution in [3.63, 3.8) is 0 Å². The number of fused-ring (bicyclic) bond motifs is 10. The zero-order valence-corrected chi connectivity index (χ0v) is 27.4. The molecule has 3 radical (unpaired) electrons. The molecule has 239 valence electrons. The lowest BCUT2D eigenvalue weighted by molar-refractivity contribution is -0.144. The van der Waals surface area contributed by atoms with Crippen LogP contribution in [-0.4, -0.2) is 42.8 Å². The van der Waals surface area contributed by atoms with Gasteiger partial charge in [-0.15, -0.1) is 0 Å². The molecule has 6 heteroatoms. The smallest absolute Gasteiger partial charge is 0.155 e. The van der Waals surface area contributed by atoms with Crippen LogP contribution < -0.4 is 0 Å². The quantitative estimate of drug-likeness (QED) is 0.311. The number of carbonyl (C=O) groups excluding carboxylic acids is 4. The molecule has 0 heterocycles. The van der Waals surface area contributed by atoms with E-state index in [-0.39, 0.29) is 32.4 Å². The largest absolute Gasteiger partial charge is 0.393 e. The molecule has 8 aliphatic carbocycles. The van der Waals surface area contributed by atoms with E-state index in [0.29, 0.717) is 84.0 Å². The lowest BCUT2D eigenvalue weighted by Gasteiger charge is -2.56. The summed E-state index contributed by atoms with van der Waals surface area (Å²) in [5.74, 6) is 6.78. The third-order valence-corrected chi connectivity index (χ3v) is 14.7. The molecule has 1 N–H and O–H groups in total. The fourth-order valence-electron chi connectivity index (χ4n) is 12.8. The first-order chi connectivity index (χ1) is 20.4. The molecule has 6 fully saturated rings. The van der Waals surface area contributed by atoms with Crippen LogP contribution in [0.5, 0.6) is 0 Å². The summed E-state index contributed by atoms with van der Waals surface area (Å²) in [6.45, 7) is 8.96. The van der Waals surface area contributed by atoms with Gasteiger partial charge in [0.25, 0.3) is 0 Å². The van der Waals surface area contributed by atoms with Crippen molar-refractivity contribution < 1.29 is 25.7 Å². The zero-order chi connectivity index (χ0) is 30.4. The van der Waals surface area contributed by atoms with E-state index >= 15 is 0 Å². The van der Waals surface area contributed by atoms with E-state index < -0.39 is 6.10 Å². The van der Waals surface area contributed by atoms with Crippen LogP contribution in [0, 0.1) is 70.0 Å². The lowest BCUT2D eigenvalue weighted by Crippen LogP contribution is -2.55. The van der Waals surface area contributed by atoms with Crippen molar-refractivity contribution in [3.8, 4) is 0 Å². The molecule has 8 rings (SSSR count). The first kappa shape index (κ1) is 32.1. The molecule has 0 aromatic heterocycles. The first-order valence-electron chi connectivity index (χ1n) is 17.6. The highest BCUT2D eigenvalue weighted by Crippen LogP contribution is 2.63. The van der Waals surface area contributed by atoms with Crippen LogP contribution in [0.2, 0.25) is 0 Å². The molecule has 0 aliphatic heterocycles. The van der Waals surface area contributed by atoms with Crippen molar-refractivity contribution >= 4 is 31.5 Å². The third kappa shape index (κ3) is 4.82. The van der Waals surface area contributed by atoms with Crippen LogP contribution in [0.4, 0.5) is 0 Å². The maximum atomic E-state index is 12.4. The molecule has 0 bridgehead atoms. The number of hydrogen-bond donors (Lipinski definition) is 1. The number of rotatable bonds is 0. The standard InChI is InChI=1S/C19H26O3.C19H26O2.B.H2/c1-10-7-11-8-12(20)3-4-13(11)18-15(21)9-19(2)14(17(10)18)5-6-16(19)22;1-11-9-12-10-13(20)3-4-14(12)15-7-8-19(2)16(18(11)15)5-6-17(19)21;;/h8,10,13-15,17-18,21H,3-7,9H2,1-2H3;10-11,14-16,18H,3-9H2,1-2H3;;1H/t10-,13+,14?,15-,17?,18?,19+;11-,14+,15?,16?,18?,19+;;/m11../s1/i;;;1+1. The average molecular weight is 603 g/mol. The topological polar surface area (TPSA) is 88.5 Å². The molecule has 44 heavy (non-hydrogen) atoms. The molecule has 6 unspecified atom stereocenters. The minimum atomic E-state index is -0.391. The van der Waals surface area contributed by atoms with Gasteiger partial charge < -0.3 is 5.11 Å². The fourth-order valence-corrected chi connectivity index (χ4v) is 12.8. The number of carbonyl (C=O) groups is 4. The molecule has 8 aliphatic rings. The summed E-state index contributed by atoms with van der Waals surface area (Å²) in [6.07, 6.45) is 15.4. The summed E-state index contributed by atoms with van der Waals surface area (Å²) >= 11 is 0. The molecule has 0 amide bonds. The SMILES string of the molecule is C[C@@H]1CC2=CC(=O)CC[C@@H]2C2C1C1CCC(=O)[C@@]1(C)C[C@H]2O.C[C@@H]1CC2=CC(=O)CC[C@@H]2C2CC[C@]3(C)C(=O)CCC3C21.[2HH].[B]. The van der Waals surface area contributed by atoms with E-state index in [9.17, 15) is 24.3 Å². The Hall–Kier alpha value is -1.82. The first-order valence-corrected chi connectivity index (χ1v) is 17.6. The van der Waals surface area contributed by atoms with Crippen LogP contribution in [0.1, 0.15) is 113 Å². The molecule has 0 saturated heterocycles. The molecule has 6 saturated carbocycles. The van der Waals surface area contributed by atoms with Gasteiger partial charge in [-0.1, -0.05) is 38.8 Å². The van der Waals surface area contributed by atoms with E-state index in [1.54, 1.807) is 0 Å². The fraction of sp³-hybridized carbons (Fsp3) is 0.789. The Balaban J connectivity index is 0.000000170. The van der Waals surface area contributed by atoms with Gasteiger partial charge in [-0.2, -0.15) is 0 Å². The highest BCUT2D eigenvalue weighted by Gasteiger charge is 2.61. The van der Waals surface area contributed by atoms with E-state index in [0.717, 1.165) is 63.7 Å². The van der Waals surface area contributed by atoms with E-state index in [4.69, 9.17) is 0 Å². The van der Waals surface area contributed by atoms with Crippen LogP contribution in [-0.2, 0) is 19.2 Å². The van der Waals surface area contributed by atoms with Crippen LogP contribution in [0.15, 0.2) is 23.3 Å². The minimum absolute atomic E-state index is 0. The predicted octanol–water partition coefficient (Wildman–Crippen LogP) is 6.72. The van der Waals surface area contributed by atoms with Gasteiger partial charge >= 0.3 is 0 Å². The van der Waals surface area contributed by atoms with Gasteiger partial charge in [0, 0.05) is 46.4 Å². The molecule has 0 aromatic rings. The van der Waals surface area contributed by atoms with Gasteiger partial charge in [0.1, 0.15) is 11.6 Å². The number of ketones is 4. The lowest BCUT2D eigenvalue weighted by atomic mass is 9.49. The Bertz CT molecular complexity index is 1300. The number of Topliss-reactive ketones (excluding diaryl/α,β-unsaturated/α-hetero) is 2. The Kier molecular flexibility index (Phi) is 8.37. The highest BCUT2D eigenvalue weighted by molar-refractivity contribution is 5.92. The Morgan fingerprint density at radius 1 is 0.682 bits per heavy atom.